The van der Waals surface area contributed by atoms with E-state index in [9.17, 15) is 4.79 Å². The van der Waals surface area contributed by atoms with Crippen LogP contribution in [0.1, 0.15) is 57.9 Å². The van der Waals surface area contributed by atoms with E-state index in [0.29, 0.717) is 18.9 Å². The first-order valence-corrected chi connectivity index (χ1v) is 8.25. The molecule has 1 amide bonds. The van der Waals surface area contributed by atoms with Crippen molar-refractivity contribution in [1.29, 1.82) is 0 Å². The summed E-state index contributed by atoms with van der Waals surface area (Å²) in [6.07, 6.45) is 2.47. The molecular formula is C16H28N2OS. The summed E-state index contributed by atoms with van der Waals surface area (Å²) in [5.74, 6) is 0.632. The van der Waals surface area contributed by atoms with Gasteiger partial charge in [-0.3, -0.25) is 4.79 Å². The largest absolute Gasteiger partial charge is 0.349 e. The van der Waals surface area contributed by atoms with E-state index in [4.69, 9.17) is 5.73 Å². The maximum atomic E-state index is 12.0. The van der Waals surface area contributed by atoms with Gasteiger partial charge in [0.1, 0.15) is 0 Å². The van der Waals surface area contributed by atoms with E-state index in [-0.39, 0.29) is 17.4 Å². The highest BCUT2D eigenvalue weighted by Gasteiger charge is 2.24. The van der Waals surface area contributed by atoms with E-state index >= 15 is 0 Å². The molecule has 3 nitrogen and oxygen atoms in total. The molecule has 1 unspecified atom stereocenters. The third kappa shape index (κ3) is 5.63. The van der Waals surface area contributed by atoms with Crippen LogP contribution in [-0.4, -0.2) is 12.5 Å². The molecule has 0 aliphatic rings. The van der Waals surface area contributed by atoms with Crippen LogP contribution in [0.5, 0.6) is 0 Å². The van der Waals surface area contributed by atoms with Crippen LogP contribution >= 0.6 is 11.3 Å². The van der Waals surface area contributed by atoms with Crippen LogP contribution in [0.25, 0.3) is 0 Å². The van der Waals surface area contributed by atoms with Crippen LogP contribution in [0.15, 0.2) is 17.5 Å². The Morgan fingerprint density at radius 3 is 2.60 bits per heavy atom. The molecule has 0 spiro atoms. The highest BCUT2D eigenvalue weighted by Crippen LogP contribution is 2.32. The number of rotatable bonds is 7. The average Bonchev–Trinajstić information content (AvgIpc) is 2.86. The fraction of sp³-hybridized carbons (Fsp3) is 0.688. The molecule has 0 aliphatic heterocycles. The predicted molar refractivity (Wildman–Crippen MR) is 86.7 cm³/mol. The Bertz CT molecular complexity index is 395. The quantitative estimate of drug-likeness (QED) is 0.805. The third-order valence-electron chi connectivity index (χ3n) is 3.81. The van der Waals surface area contributed by atoms with Gasteiger partial charge in [-0.05, 0) is 49.1 Å². The lowest BCUT2D eigenvalue weighted by Crippen LogP contribution is -2.29. The topological polar surface area (TPSA) is 55.1 Å². The zero-order valence-corrected chi connectivity index (χ0v) is 13.9. The SMILES string of the molecule is C[C@@H](NC(=O)CCC(CCN)C(C)(C)C)c1cccs1. The molecule has 0 saturated carbocycles. The summed E-state index contributed by atoms with van der Waals surface area (Å²) in [5, 5.41) is 5.11. The molecule has 0 radical (unpaired) electrons. The summed E-state index contributed by atoms with van der Waals surface area (Å²) in [5.41, 5.74) is 5.89. The first kappa shape index (κ1) is 17.2. The minimum atomic E-state index is 0.102. The number of nitrogens with two attached hydrogens (primary N) is 1. The second kappa shape index (κ2) is 7.79. The van der Waals surface area contributed by atoms with E-state index in [0.717, 1.165) is 12.8 Å². The van der Waals surface area contributed by atoms with Crippen LogP contribution in [0, 0.1) is 11.3 Å². The van der Waals surface area contributed by atoms with E-state index in [1.165, 1.54) is 4.88 Å². The van der Waals surface area contributed by atoms with Gasteiger partial charge in [-0.15, -0.1) is 11.3 Å². The van der Waals surface area contributed by atoms with Gasteiger partial charge in [0, 0.05) is 11.3 Å². The number of nitrogens with one attached hydrogen (secondary N) is 1. The normalized spacial score (nSPS) is 14.8. The van der Waals surface area contributed by atoms with Gasteiger partial charge in [0.25, 0.3) is 0 Å². The van der Waals surface area contributed by atoms with Crippen LogP contribution in [-0.2, 0) is 4.79 Å². The van der Waals surface area contributed by atoms with Crippen molar-refractivity contribution in [2.45, 2.75) is 53.0 Å². The van der Waals surface area contributed by atoms with E-state index in [1.54, 1.807) is 11.3 Å². The lowest BCUT2D eigenvalue weighted by Gasteiger charge is -2.30. The Hall–Kier alpha value is -0.870. The first-order chi connectivity index (χ1) is 9.34. The molecule has 0 bridgehead atoms. The minimum absolute atomic E-state index is 0.102. The van der Waals surface area contributed by atoms with Crippen molar-refractivity contribution in [2.75, 3.05) is 6.54 Å². The van der Waals surface area contributed by atoms with Crippen LogP contribution in [0.3, 0.4) is 0 Å². The molecule has 20 heavy (non-hydrogen) atoms. The maximum Gasteiger partial charge on any atom is 0.220 e. The number of hydrogen-bond acceptors (Lipinski definition) is 3. The lowest BCUT2D eigenvalue weighted by molar-refractivity contribution is -0.122. The van der Waals surface area contributed by atoms with Gasteiger partial charge in [0.05, 0.1) is 6.04 Å². The maximum absolute atomic E-state index is 12.0. The zero-order valence-electron chi connectivity index (χ0n) is 13.1. The van der Waals surface area contributed by atoms with Gasteiger partial charge >= 0.3 is 0 Å². The molecule has 3 N–H and O–H groups in total. The standard InChI is InChI=1S/C16H28N2OS/c1-12(14-6-5-11-20-14)18-15(19)8-7-13(9-10-17)16(2,3)4/h5-6,11-13H,7-10,17H2,1-4H3,(H,18,19)/t12-,13?/m1/s1. The second-order valence-corrected chi connectivity index (χ2v) is 7.46. The van der Waals surface area contributed by atoms with Gasteiger partial charge < -0.3 is 11.1 Å². The number of thiophene rings is 1. The molecule has 4 heteroatoms. The molecule has 0 fully saturated rings. The van der Waals surface area contributed by atoms with Crippen molar-refractivity contribution < 1.29 is 4.79 Å². The van der Waals surface area contributed by atoms with Gasteiger partial charge in [0.15, 0.2) is 0 Å². The van der Waals surface area contributed by atoms with Crippen molar-refractivity contribution in [3.63, 3.8) is 0 Å². The monoisotopic (exact) mass is 296 g/mol. The third-order valence-corrected chi connectivity index (χ3v) is 4.86. The smallest absolute Gasteiger partial charge is 0.220 e. The van der Waals surface area contributed by atoms with Gasteiger partial charge in [0.2, 0.25) is 5.91 Å². The van der Waals surface area contributed by atoms with Crippen molar-refractivity contribution in [2.24, 2.45) is 17.1 Å². The van der Waals surface area contributed by atoms with Crippen LogP contribution < -0.4 is 11.1 Å². The van der Waals surface area contributed by atoms with Gasteiger partial charge in [-0.1, -0.05) is 26.8 Å². The van der Waals surface area contributed by atoms with E-state index in [2.05, 4.69) is 32.2 Å². The molecule has 2 atom stereocenters. The molecule has 1 aromatic heterocycles. The summed E-state index contributed by atoms with van der Waals surface area (Å²) >= 11 is 1.68. The Balaban J connectivity index is 2.42. The highest BCUT2D eigenvalue weighted by atomic mass is 32.1. The minimum Gasteiger partial charge on any atom is -0.349 e. The Labute approximate surface area is 127 Å². The summed E-state index contributed by atoms with van der Waals surface area (Å²) in [7, 11) is 0. The average molecular weight is 296 g/mol. The summed E-state index contributed by atoms with van der Waals surface area (Å²) in [6, 6.07) is 4.17. The Kier molecular flexibility index (Phi) is 6.69. The van der Waals surface area contributed by atoms with Crippen molar-refractivity contribution in [1.82, 2.24) is 5.32 Å². The molecule has 1 rings (SSSR count). The van der Waals surface area contributed by atoms with E-state index in [1.807, 2.05) is 18.4 Å². The van der Waals surface area contributed by atoms with Crippen molar-refractivity contribution in [3.8, 4) is 0 Å². The molecule has 1 heterocycles. The van der Waals surface area contributed by atoms with Crippen molar-refractivity contribution in [3.05, 3.63) is 22.4 Å². The molecule has 114 valence electrons. The van der Waals surface area contributed by atoms with Gasteiger partial charge in [-0.25, -0.2) is 0 Å². The summed E-state index contributed by atoms with van der Waals surface area (Å²) in [6.45, 7) is 9.39. The number of carbonyl (C=O) groups is 1. The second-order valence-electron chi connectivity index (χ2n) is 6.48. The highest BCUT2D eigenvalue weighted by molar-refractivity contribution is 7.10. The van der Waals surface area contributed by atoms with Crippen LogP contribution in [0.4, 0.5) is 0 Å². The molecular weight excluding hydrogens is 268 g/mol. The van der Waals surface area contributed by atoms with Crippen LogP contribution in [0.2, 0.25) is 0 Å². The number of carbonyl (C=O) groups excluding carboxylic acids is 1. The lowest BCUT2D eigenvalue weighted by atomic mass is 9.76. The fourth-order valence-electron chi connectivity index (χ4n) is 2.44. The van der Waals surface area contributed by atoms with Crippen molar-refractivity contribution >= 4 is 17.2 Å². The molecule has 0 aliphatic carbocycles. The first-order valence-electron chi connectivity index (χ1n) is 7.37. The summed E-state index contributed by atoms with van der Waals surface area (Å²) < 4.78 is 0. The predicted octanol–water partition coefficient (Wildman–Crippen LogP) is 3.72. The van der Waals surface area contributed by atoms with Gasteiger partial charge in [-0.2, -0.15) is 0 Å². The Morgan fingerprint density at radius 2 is 2.10 bits per heavy atom. The summed E-state index contributed by atoms with van der Waals surface area (Å²) in [4.78, 5) is 13.2. The molecule has 1 aromatic rings. The molecule has 0 aromatic carbocycles. The fourth-order valence-corrected chi connectivity index (χ4v) is 3.17. The Morgan fingerprint density at radius 1 is 1.40 bits per heavy atom. The molecule has 0 saturated heterocycles. The number of hydrogen-bond donors (Lipinski definition) is 2. The zero-order chi connectivity index (χ0) is 15.2. The number of amides is 1. The van der Waals surface area contributed by atoms with E-state index < -0.39 is 0 Å².